The zero-order chi connectivity index (χ0) is 6.41. The van der Waals surface area contributed by atoms with Crippen LogP contribution in [0.3, 0.4) is 0 Å². The van der Waals surface area contributed by atoms with Crippen LogP contribution in [0.15, 0.2) is 0 Å². The van der Waals surface area contributed by atoms with Crippen LogP contribution in [0.1, 0.15) is 26.2 Å². The van der Waals surface area contributed by atoms with Crippen LogP contribution in [0.5, 0.6) is 0 Å². The Hall–Kier alpha value is -0.310. The van der Waals surface area contributed by atoms with Gasteiger partial charge in [0.15, 0.2) is 0 Å². The lowest BCUT2D eigenvalue weighted by Crippen LogP contribution is -1.95. The van der Waals surface area contributed by atoms with Crippen molar-refractivity contribution in [1.82, 2.24) is 0 Å². The highest BCUT2D eigenvalue weighted by Gasteiger charge is 1.98. The van der Waals surface area contributed by atoms with Crippen LogP contribution in [0, 0.1) is 0 Å². The largest absolute Gasteiger partial charge is 0.348 e. The molecule has 0 saturated heterocycles. The molecule has 0 aliphatic heterocycles. The number of unbranched alkanes of at least 4 members (excludes halogenated alkanes) is 1. The Balaban J connectivity index is 0. The van der Waals surface area contributed by atoms with Gasteiger partial charge < -0.3 is 0 Å². The summed E-state index contributed by atoms with van der Waals surface area (Å²) >= 11 is 0. The summed E-state index contributed by atoms with van der Waals surface area (Å²) in [5.74, 6) is -0.771. The van der Waals surface area contributed by atoms with Crippen molar-refractivity contribution in [2.45, 2.75) is 26.2 Å². The van der Waals surface area contributed by atoms with E-state index >= 15 is 0 Å². The van der Waals surface area contributed by atoms with Crippen LogP contribution in [0.2, 0.25) is 0 Å². The molecule has 0 aromatic carbocycles. The van der Waals surface area contributed by atoms with Crippen molar-refractivity contribution in [2.24, 2.45) is 0 Å². The van der Waals surface area contributed by atoms with Crippen LogP contribution in [0.4, 0.5) is 4.53 Å². The lowest BCUT2D eigenvalue weighted by atomic mass is 10.3. The van der Waals surface area contributed by atoms with E-state index in [0.717, 1.165) is 6.42 Å². The van der Waals surface area contributed by atoms with Gasteiger partial charge in [-0.15, -0.1) is 12.4 Å². The SMILES string of the molecule is CCCCC(=O)OF.Cl. The molecule has 9 heavy (non-hydrogen) atoms. The molecule has 0 atom stereocenters. The second-order valence-corrected chi connectivity index (χ2v) is 1.55. The van der Waals surface area contributed by atoms with E-state index in [4.69, 9.17) is 0 Å². The average molecular weight is 157 g/mol. The van der Waals surface area contributed by atoms with E-state index < -0.39 is 5.97 Å². The molecule has 0 saturated carbocycles. The fraction of sp³-hybridized carbons (Fsp3) is 0.800. The lowest BCUT2D eigenvalue weighted by molar-refractivity contribution is -0.183. The number of carbonyl (C=O) groups excluding carboxylic acids is 1. The molecule has 2 nitrogen and oxygen atoms in total. The third-order valence-electron chi connectivity index (χ3n) is 0.821. The molecule has 0 amide bonds. The number of rotatable bonds is 3. The molecule has 56 valence electrons. The summed E-state index contributed by atoms with van der Waals surface area (Å²) in [6.07, 6.45) is 1.77. The van der Waals surface area contributed by atoms with Gasteiger partial charge in [0.25, 0.3) is 0 Å². The number of hydrogen-bond acceptors (Lipinski definition) is 2. The zero-order valence-electron chi connectivity index (χ0n) is 5.22. The molecule has 0 unspecified atom stereocenters. The quantitative estimate of drug-likeness (QED) is 0.625. The molecular formula is C5H10ClFO2. The van der Waals surface area contributed by atoms with Gasteiger partial charge in [0.2, 0.25) is 0 Å². The predicted molar refractivity (Wildman–Crippen MR) is 34.0 cm³/mol. The fourth-order valence-electron chi connectivity index (χ4n) is 0.360. The lowest BCUT2D eigenvalue weighted by Gasteiger charge is -1.88. The third-order valence-corrected chi connectivity index (χ3v) is 0.821. The molecule has 0 aliphatic carbocycles. The predicted octanol–water partition coefficient (Wildman–Crippen LogP) is 2.03. The first kappa shape index (κ1) is 11.5. The highest BCUT2D eigenvalue weighted by atomic mass is 35.5. The Kier molecular flexibility index (Phi) is 9.81. The molecule has 0 spiro atoms. The minimum Gasteiger partial charge on any atom is -0.255 e. The molecule has 0 radical (unpaired) electrons. The van der Waals surface area contributed by atoms with Gasteiger partial charge in [-0.3, -0.25) is 4.94 Å². The van der Waals surface area contributed by atoms with E-state index in [0.29, 0.717) is 6.42 Å². The highest BCUT2D eigenvalue weighted by Crippen LogP contribution is 1.95. The van der Waals surface area contributed by atoms with E-state index in [-0.39, 0.29) is 18.8 Å². The summed E-state index contributed by atoms with van der Waals surface area (Å²) in [5.41, 5.74) is 0. The fourth-order valence-corrected chi connectivity index (χ4v) is 0.360. The Morgan fingerprint density at radius 1 is 1.67 bits per heavy atom. The van der Waals surface area contributed by atoms with Gasteiger partial charge in [-0.25, -0.2) is 4.79 Å². The van der Waals surface area contributed by atoms with E-state index in [9.17, 15) is 9.32 Å². The van der Waals surface area contributed by atoms with Gasteiger partial charge in [-0.2, -0.15) is 0 Å². The minimum atomic E-state index is -0.771. The van der Waals surface area contributed by atoms with Gasteiger partial charge >= 0.3 is 5.97 Å². The van der Waals surface area contributed by atoms with E-state index in [1.54, 1.807) is 0 Å². The van der Waals surface area contributed by atoms with E-state index in [1.807, 2.05) is 6.92 Å². The zero-order valence-corrected chi connectivity index (χ0v) is 6.04. The van der Waals surface area contributed by atoms with Crippen LogP contribution in [-0.2, 0) is 9.74 Å². The van der Waals surface area contributed by atoms with Crippen molar-refractivity contribution in [3.8, 4) is 0 Å². The molecule has 0 aliphatic rings. The summed E-state index contributed by atoms with van der Waals surface area (Å²) < 4.78 is 10.9. The van der Waals surface area contributed by atoms with Crippen LogP contribution in [0.25, 0.3) is 0 Å². The van der Waals surface area contributed by atoms with Crippen molar-refractivity contribution >= 4 is 18.4 Å². The number of halogens is 2. The molecule has 0 heterocycles. The maximum absolute atomic E-state index is 10.9. The van der Waals surface area contributed by atoms with E-state index in [1.165, 1.54) is 0 Å². The average Bonchev–Trinajstić information content (AvgIpc) is 1.83. The highest BCUT2D eigenvalue weighted by molar-refractivity contribution is 5.85. The molecule has 0 rings (SSSR count). The smallest absolute Gasteiger partial charge is 0.255 e. The van der Waals surface area contributed by atoms with Crippen molar-refractivity contribution in [1.29, 1.82) is 0 Å². The summed E-state index contributed by atoms with van der Waals surface area (Å²) in [7, 11) is 0. The maximum atomic E-state index is 10.9. The first-order valence-electron chi connectivity index (χ1n) is 2.62. The first-order valence-corrected chi connectivity index (χ1v) is 2.62. The Bertz CT molecular complexity index is 77.4. The Morgan fingerprint density at radius 3 is 2.56 bits per heavy atom. The Labute approximate surface area is 59.7 Å². The van der Waals surface area contributed by atoms with Crippen molar-refractivity contribution in [2.75, 3.05) is 0 Å². The van der Waals surface area contributed by atoms with Crippen molar-refractivity contribution in [3.05, 3.63) is 0 Å². The van der Waals surface area contributed by atoms with Gasteiger partial charge in [0.05, 0.1) is 0 Å². The van der Waals surface area contributed by atoms with Gasteiger partial charge in [0, 0.05) is 10.9 Å². The topological polar surface area (TPSA) is 26.3 Å². The maximum Gasteiger partial charge on any atom is 0.348 e. The number of carbonyl (C=O) groups is 1. The standard InChI is InChI=1S/C5H9FO2.ClH/c1-2-3-4-5(7)8-6;/h2-4H2,1H3;1H. The van der Waals surface area contributed by atoms with Crippen molar-refractivity contribution < 1.29 is 14.3 Å². The second-order valence-electron chi connectivity index (χ2n) is 1.55. The Morgan fingerprint density at radius 2 is 2.22 bits per heavy atom. The summed E-state index contributed by atoms with van der Waals surface area (Å²) in [5, 5.41) is 0. The minimum absolute atomic E-state index is 0. The van der Waals surface area contributed by atoms with Gasteiger partial charge in [-0.05, 0) is 6.42 Å². The van der Waals surface area contributed by atoms with Crippen molar-refractivity contribution in [3.63, 3.8) is 0 Å². The molecular weight excluding hydrogens is 147 g/mol. The summed E-state index contributed by atoms with van der Waals surface area (Å²) in [4.78, 5) is 12.9. The molecule has 0 fully saturated rings. The third kappa shape index (κ3) is 7.69. The summed E-state index contributed by atoms with van der Waals surface area (Å²) in [6, 6.07) is 0. The van der Waals surface area contributed by atoms with Crippen LogP contribution >= 0.6 is 12.4 Å². The van der Waals surface area contributed by atoms with Gasteiger partial charge in [-0.1, -0.05) is 13.3 Å². The first-order chi connectivity index (χ1) is 3.81. The summed E-state index contributed by atoms with van der Waals surface area (Å²) in [6.45, 7) is 1.92. The molecule has 4 heteroatoms. The van der Waals surface area contributed by atoms with E-state index in [2.05, 4.69) is 4.94 Å². The van der Waals surface area contributed by atoms with Gasteiger partial charge in [0.1, 0.15) is 0 Å². The molecule has 0 N–H and O–H groups in total. The van der Waals surface area contributed by atoms with Crippen LogP contribution in [-0.4, -0.2) is 5.97 Å². The molecule has 0 aromatic rings. The normalized spacial score (nSPS) is 7.78. The number of hydrogen-bond donors (Lipinski definition) is 0. The van der Waals surface area contributed by atoms with Crippen LogP contribution < -0.4 is 0 Å². The second kappa shape index (κ2) is 7.69. The molecule has 0 bridgehead atoms. The molecule has 0 aromatic heterocycles. The monoisotopic (exact) mass is 156 g/mol.